The Balaban J connectivity index is 2.13. The van der Waals surface area contributed by atoms with E-state index in [1.807, 2.05) is 69.3 Å². The highest BCUT2D eigenvalue weighted by atomic mass is 32.2. The SMILES string of the molecule is CCc1cccc(C)c1N(CCC(=O)NC(C)c1ccccc1)S(C)(=O)=O. The lowest BCUT2D eigenvalue weighted by molar-refractivity contribution is -0.121. The number of amides is 1. The second kappa shape index (κ2) is 9.04. The fourth-order valence-corrected chi connectivity index (χ4v) is 4.16. The van der Waals surface area contributed by atoms with Gasteiger partial charge in [0.05, 0.1) is 18.0 Å². The number of rotatable bonds is 8. The molecule has 2 rings (SSSR count). The van der Waals surface area contributed by atoms with Gasteiger partial charge in [-0.15, -0.1) is 0 Å². The standard InChI is InChI=1S/C21H28N2O3S/c1-5-18-13-9-10-16(2)21(18)23(27(4,25)26)15-14-20(24)22-17(3)19-11-7-6-8-12-19/h6-13,17H,5,14-15H2,1-4H3,(H,22,24). The quantitative estimate of drug-likeness (QED) is 0.751. The Labute approximate surface area is 162 Å². The zero-order chi connectivity index (χ0) is 20.0. The van der Waals surface area contributed by atoms with Gasteiger partial charge in [-0.05, 0) is 37.0 Å². The van der Waals surface area contributed by atoms with E-state index in [1.165, 1.54) is 10.6 Å². The van der Waals surface area contributed by atoms with Crippen molar-refractivity contribution in [1.29, 1.82) is 0 Å². The lowest BCUT2D eigenvalue weighted by atomic mass is 10.1. The van der Waals surface area contributed by atoms with Gasteiger partial charge in [0.1, 0.15) is 0 Å². The molecule has 0 aliphatic rings. The highest BCUT2D eigenvalue weighted by molar-refractivity contribution is 7.92. The van der Waals surface area contributed by atoms with Crippen molar-refractivity contribution in [2.24, 2.45) is 0 Å². The Hall–Kier alpha value is -2.34. The van der Waals surface area contributed by atoms with Crippen molar-refractivity contribution >= 4 is 21.6 Å². The highest BCUT2D eigenvalue weighted by Crippen LogP contribution is 2.28. The van der Waals surface area contributed by atoms with E-state index < -0.39 is 10.0 Å². The maximum absolute atomic E-state index is 12.4. The average Bonchev–Trinajstić information content (AvgIpc) is 2.62. The van der Waals surface area contributed by atoms with E-state index in [9.17, 15) is 13.2 Å². The Morgan fingerprint density at radius 1 is 1.11 bits per heavy atom. The van der Waals surface area contributed by atoms with E-state index in [2.05, 4.69) is 5.32 Å². The van der Waals surface area contributed by atoms with E-state index in [0.29, 0.717) is 5.69 Å². The van der Waals surface area contributed by atoms with Gasteiger partial charge in [0.25, 0.3) is 0 Å². The summed E-state index contributed by atoms with van der Waals surface area (Å²) >= 11 is 0. The number of anilines is 1. The van der Waals surface area contributed by atoms with Crippen LogP contribution in [0.25, 0.3) is 0 Å². The molecule has 0 heterocycles. The summed E-state index contributed by atoms with van der Waals surface area (Å²) in [5, 5.41) is 2.94. The van der Waals surface area contributed by atoms with Gasteiger partial charge in [-0.25, -0.2) is 8.42 Å². The van der Waals surface area contributed by atoms with Crippen LogP contribution in [0.5, 0.6) is 0 Å². The van der Waals surface area contributed by atoms with Crippen LogP contribution in [0.15, 0.2) is 48.5 Å². The van der Waals surface area contributed by atoms with E-state index in [4.69, 9.17) is 0 Å². The van der Waals surface area contributed by atoms with Gasteiger partial charge in [-0.2, -0.15) is 0 Å². The summed E-state index contributed by atoms with van der Waals surface area (Å²) < 4.78 is 26.2. The smallest absolute Gasteiger partial charge is 0.232 e. The first-order valence-electron chi connectivity index (χ1n) is 9.14. The van der Waals surface area contributed by atoms with E-state index in [-0.39, 0.29) is 24.9 Å². The molecule has 0 saturated heterocycles. The number of aryl methyl sites for hydroxylation is 2. The van der Waals surface area contributed by atoms with Crippen molar-refractivity contribution < 1.29 is 13.2 Å². The van der Waals surface area contributed by atoms with Crippen molar-refractivity contribution in [2.75, 3.05) is 17.1 Å². The van der Waals surface area contributed by atoms with Crippen LogP contribution in [0.1, 0.15) is 43.0 Å². The molecule has 0 spiro atoms. The van der Waals surface area contributed by atoms with Crippen molar-refractivity contribution in [1.82, 2.24) is 5.32 Å². The fourth-order valence-electron chi connectivity index (χ4n) is 3.15. The van der Waals surface area contributed by atoms with Crippen molar-refractivity contribution in [3.63, 3.8) is 0 Å². The number of para-hydroxylation sites is 1. The third-order valence-corrected chi connectivity index (χ3v) is 5.74. The number of benzene rings is 2. The van der Waals surface area contributed by atoms with Crippen LogP contribution < -0.4 is 9.62 Å². The van der Waals surface area contributed by atoms with Gasteiger partial charge < -0.3 is 5.32 Å². The summed E-state index contributed by atoms with van der Waals surface area (Å²) in [5.74, 6) is -0.174. The summed E-state index contributed by atoms with van der Waals surface area (Å²) in [6, 6.07) is 15.3. The molecule has 2 aromatic carbocycles. The molecule has 1 atom stereocenters. The molecule has 0 radical (unpaired) electrons. The minimum absolute atomic E-state index is 0.0989. The number of hydrogen-bond acceptors (Lipinski definition) is 3. The average molecular weight is 389 g/mol. The van der Waals surface area contributed by atoms with Crippen LogP contribution in [0.3, 0.4) is 0 Å². The van der Waals surface area contributed by atoms with Crippen molar-refractivity contribution in [3.05, 3.63) is 65.2 Å². The molecule has 1 unspecified atom stereocenters. The Morgan fingerprint density at radius 2 is 1.78 bits per heavy atom. The summed E-state index contributed by atoms with van der Waals surface area (Å²) in [6.45, 7) is 5.92. The van der Waals surface area contributed by atoms with Gasteiger partial charge in [-0.3, -0.25) is 9.10 Å². The predicted molar refractivity (Wildman–Crippen MR) is 110 cm³/mol. The van der Waals surface area contributed by atoms with Crippen LogP contribution in [-0.4, -0.2) is 27.1 Å². The zero-order valence-corrected chi connectivity index (χ0v) is 17.2. The van der Waals surface area contributed by atoms with Gasteiger partial charge >= 0.3 is 0 Å². The number of sulfonamides is 1. The normalized spacial score (nSPS) is 12.4. The summed E-state index contributed by atoms with van der Waals surface area (Å²) in [4.78, 5) is 12.4. The molecule has 1 N–H and O–H groups in total. The molecule has 1 amide bonds. The molecule has 2 aromatic rings. The fraction of sp³-hybridized carbons (Fsp3) is 0.381. The molecule has 0 aliphatic carbocycles. The van der Waals surface area contributed by atoms with Gasteiger partial charge in [0.2, 0.25) is 15.9 Å². The summed E-state index contributed by atoms with van der Waals surface area (Å²) in [7, 11) is -3.50. The molecule has 0 aromatic heterocycles. The molecule has 5 nitrogen and oxygen atoms in total. The minimum Gasteiger partial charge on any atom is -0.350 e. The number of nitrogens with one attached hydrogen (secondary N) is 1. The molecule has 0 aliphatic heterocycles. The molecular formula is C21H28N2O3S. The minimum atomic E-state index is -3.50. The topological polar surface area (TPSA) is 66.5 Å². The lowest BCUT2D eigenvalue weighted by Gasteiger charge is -2.26. The molecule has 0 fully saturated rings. The number of nitrogens with zero attached hydrogens (tertiary/aromatic N) is 1. The molecule has 0 saturated carbocycles. The van der Waals surface area contributed by atoms with Gasteiger partial charge in [0, 0.05) is 13.0 Å². The maximum atomic E-state index is 12.4. The Morgan fingerprint density at radius 3 is 2.37 bits per heavy atom. The number of carbonyl (C=O) groups excluding carboxylic acids is 1. The second-order valence-corrected chi connectivity index (χ2v) is 8.63. The first-order chi connectivity index (χ1) is 12.7. The molecular weight excluding hydrogens is 360 g/mol. The Kier molecular flexibility index (Phi) is 7.02. The van der Waals surface area contributed by atoms with Crippen molar-refractivity contribution in [2.45, 2.75) is 39.7 Å². The number of hydrogen-bond donors (Lipinski definition) is 1. The first kappa shape index (κ1) is 21.0. The molecule has 0 bridgehead atoms. The molecule has 6 heteroatoms. The second-order valence-electron chi connectivity index (χ2n) is 6.72. The summed E-state index contributed by atoms with van der Waals surface area (Å²) in [5.41, 5.74) is 3.54. The van der Waals surface area contributed by atoms with E-state index in [1.54, 1.807) is 0 Å². The third kappa shape index (κ3) is 5.57. The monoisotopic (exact) mass is 388 g/mol. The van der Waals surface area contributed by atoms with E-state index in [0.717, 1.165) is 23.1 Å². The lowest BCUT2D eigenvalue weighted by Crippen LogP contribution is -2.36. The van der Waals surface area contributed by atoms with Crippen LogP contribution in [-0.2, 0) is 21.2 Å². The van der Waals surface area contributed by atoms with Crippen LogP contribution in [0.4, 0.5) is 5.69 Å². The van der Waals surface area contributed by atoms with Crippen LogP contribution in [0, 0.1) is 6.92 Å². The van der Waals surface area contributed by atoms with Gasteiger partial charge in [-0.1, -0.05) is 55.5 Å². The van der Waals surface area contributed by atoms with Gasteiger partial charge in [0.15, 0.2) is 0 Å². The molecule has 146 valence electrons. The zero-order valence-electron chi connectivity index (χ0n) is 16.4. The van der Waals surface area contributed by atoms with Crippen LogP contribution in [0.2, 0.25) is 0 Å². The summed E-state index contributed by atoms with van der Waals surface area (Å²) in [6.07, 6.45) is 2.01. The van der Waals surface area contributed by atoms with E-state index >= 15 is 0 Å². The molecule has 27 heavy (non-hydrogen) atoms. The number of carbonyl (C=O) groups is 1. The highest BCUT2D eigenvalue weighted by Gasteiger charge is 2.23. The first-order valence-corrected chi connectivity index (χ1v) is 11.0. The maximum Gasteiger partial charge on any atom is 0.232 e. The van der Waals surface area contributed by atoms with Crippen molar-refractivity contribution in [3.8, 4) is 0 Å². The predicted octanol–water partition coefficient (Wildman–Crippen LogP) is 3.59. The van der Waals surface area contributed by atoms with Crippen LogP contribution >= 0.6 is 0 Å². The Bertz CT molecular complexity index is 880. The largest absolute Gasteiger partial charge is 0.350 e. The third-order valence-electron chi connectivity index (χ3n) is 4.57.